The molecule has 9 heteroatoms. The maximum Gasteiger partial charge on any atom is 0.326 e. The zero-order chi connectivity index (χ0) is 18.8. The summed E-state index contributed by atoms with van der Waals surface area (Å²) in [5.41, 5.74) is 0.170. The molecule has 3 amide bonds. The van der Waals surface area contributed by atoms with E-state index in [9.17, 15) is 19.2 Å². The molecule has 0 atom stereocenters. The number of carbonyl (C=O) groups is 4. The molecule has 1 aromatic rings. The molecule has 26 heavy (non-hydrogen) atoms. The normalized spacial score (nSPS) is 16.7. The first-order valence-electron chi connectivity index (χ1n) is 8.17. The predicted molar refractivity (Wildman–Crippen MR) is 93.2 cm³/mol. The van der Waals surface area contributed by atoms with Crippen LogP contribution in [0.3, 0.4) is 0 Å². The van der Waals surface area contributed by atoms with Gasteiger partial charge in [0.15, 0.2) is 6.61 Å². The zero-order valence-electron chi connectivity index (χ0n) is 13.8. The first-order chi connectivity index (χ1) is 12.4. The van der Waals surface area contributed by atoms with Crippen molar-refractivity contribution < 1.29 is 23.9 Å². The topological polar surface area (TPSA) is 84.0 Å². The Kier molecular flexibility index (Phi) is 5.48. The van der Waals surface area contributed by atoms with E-state index in [1.54, 1.807) is 4.90 Å². The van der Waals surface area contributed by atoms with Gasteiger partial charge in [-0.25, -0.2) is 0 Å². The molecule has 3 rings (SSSR count). The summed E-state index contributed by atoms with van der Waals surface area (Å²) in [5, 5.41) is 0.284. The fourth-order valence-corrected chi connectivity index (χ4v) is 3.31. The summed E-state index contributed by atoms with van der Waals surface area (Å²) in [6.07, 6.45) is 2.94. The van der Waals surface area contributed by atoms with Gasteiger partial charge in [0, 0.05) is 13.1 Å². The molecule has 1 aromatic carbocycles. The Labute approximate surface area is 159 Å². The minimum Gasteiger partial charge on any atom is -0.454 e. The van der Waals surface area contributed by atoms with Gasteiger partial charge in [0.1, 0.15) is 6.54 Å². The molecule has 2 aliphatic rings. The van der Waals surface area contributed by atoms with Crippen molar-refractivity contribution in [3.8, 4) is 0 Å². The molecule has 0 bridgehead atoms. The van der Waals surface area contributed by atoms with Crippen molar-refractivity contribution in [1.29, 1.82) is 0 Å². The largest absolute Gasteiger partial charge is 0.454 e. The minimum absolute atomic E-state index is 0.0848. The number of benzene rings is 1. The quantitative estimate of drug-likeness (QED) is 0.572. The lowest BCUT2D eigenvalue weighted by molar-refractivity contribution is -0.152. The lowest BCUT2D eigenvalue weighted by Gasteiger charge is -2.26. The third-order valence-corrected chi connectivity index (χ3v) is 5.09. The van der Waals surface area contributed by atoms with Crippen LogP contribution in [0.4, 0.5) is 0 Å². The summed E-state index contributed by atoms with van der Waals surface area (Å²) in [7, 11) is 0. The first kappa shape index (κ1) is 18.7. The highest BCUT2D eigenvalue weighted by Gasteiger charge is 2.38. The van der Waals surface area contributed by atoms with E-state index in [0.29, 0.717) is 13.1 Å². The number of amides is 3. The lowest BCUT2D eigenvalue weighted by atomic mass is 10.1. The second-order valence-electron chi connectivity index (χ2n) is 6.11. The summed E-state index contributed by atoms with van der Waals surface area (Å²) in [6.45, 7) is 0.321. The second-order valence-corrected chi connectivity index (χ2v) is 6.92. The number of rotatable bonds is 4. The molecule has 1 saturated heterocycles. The summed E-state index contributed by atoms with van der Waals surface area (Å²) >= 11 is 11.7. The van der Waals surface area contributed by atoms with Crippen molar-refractivity contribution in [3.05, 3.63) is 33.3 Å². The maximum atomic E-state index is 12.3. The van der Waals surface area contributed by atoms with Gasteiger partial charge < -0.3 is 9.64 Å². The Morgan fingerprint density at radius 2 is 1.50 bits per heavy atom. The van der Waals surface area contributed by atoms with Crippen LogP contribution in [0.2, 0.25) is 10.0 Å². The van der Waals surface area contributed by atoms with Gasteiger partial charge in [-0.05, 0) is 31.4 Å². The Bertz CT molecular complexity index is 749. The molecule has 138 valence electrons. The zero-order valence-corrected chi connectivity index (χ0v) is 15.3. The van der Waals surface area contributed by atoms with Crippen LogP contribution in [-0.2, 0) is 14.3 Å². The van der Waals surface area contributed by atoms with Crippen LogP contribution in [0, 0.1) is 0 Å². The van der Waals surface area contributed by atoms with Crippen LogP contribution in [0.5, 0.6) is 0 Å². The number of halogens is 2. The van der Waals surface area contributed by atoms with E-state index in [1.807, 2.05) is 0 Å². The van der Waals surface area contributed by atoms with Gasteiger partial charge in [0.2, 0.25) is 0 Å². The van der Waals surface area contributed by atoms with E-state index in [-0.39, 0.29) is 27.1 Å². The number of imide groups is 1. The van der Waals surface area contributed by atoms with Gasteiger partial charge in [-0.2, -0.15) is 0 Å². The molecular weight excluding hydrogens is 383 g/mol. The fraction of sp³-hybridized carbons (Fsp3) is 0.412. The number of nitrogens with zero attached hydrogens (tertiary/aromatic N) is 2. The molecular formula is C17H16Cl2N2O5. The third-order valence-electron chi connectivity index (χ3n) is 4.36. The standard InChI is InChI=1S/C17H16Cl2N2O5/c18-12-6-10-11(7-13(12)19)17(25)21(16(10)24)8-15(23)26-9-14(22)20-4-2-1-3-5-20/h6-7H,1-5,8-9H2. The molecule has 0 aliphatic carbocycles. The smallest absolute Gasteiger partial charge is 0.326 e. The van der Waals surface area contributed by atoms with Gasteiger partial charge in [-0.15, -0.1) is 0 Å². The molecule has 0 spiro atoms. The van der Waals surface area contributed by atoms with E-state index in [4.69, 9.17) is 27.9 Å². The van der Waals surface area contributed by atoms with Gasteiger partial charge in [0.05, 0.1) is 21.2 Å². The Morgan fingerprint density at radius 3 is 2.04 bits per heavy atom. The van der Waals surface area contributed by atoms with Crippen molar-refractivity contribution in [2.45, 2.75) is 19.3 Å². The maximum absolute atomic E-state index is 12.3. The van der Waals surface area contributed by atoms with Gasteiger partial charge in [-0.3, -0.25) is 24.1 Å². The molecule has 2 heterocycles. The first-order valence-corrected chi connectivity index (χ1v) is 8.92. The Balaban J connectivity index is 1.59. The highest BCUT2D eigenvalue weighted by molar-refractivity contribution is 6.43. The Morgan fingerprint density at radius 1 is 0.962 bits per heavy atom. The van der Waals surface area contributed by atoms with Gasteiger partial charge in [-0.1, -0.05) is 23.2 Å². The van der Waals surface area contributed by atoms with Crippen molar-refractivity contribution in [2.75, 3.05) is 26.2 Å². The monoisotopic (exact) mass is 398 g/mol. The molecule has 1 fully saturated rings. The molecule has 0 aromatic heterocycles. The van der Waals surface area contributed by atoms with Crippen LogP contribution >= 0.6 is 23.2 Å². The summed E-state index contributed by atoms with van der Waals surface area (Å²) < 4.78 is 4.93. The second kappa shape index (κ2) is 7.63. The van der Waals surface area contributed by atoms with E-state index in [2.05, 4.69) is 0 Å². The van der Waals surface area contributed by atoms with E-state index < -0.39 is 30.9 Å². The van der Waals surface area contributed by atoms with Crippen molar-refractivity contribution in [3.63, 3.8) is 0 Å². The summed E-state index contributed by atoms with van der Waals surface area (Å²) in [5.74, 6) is -2.41. The van der Waals surface area contributed by atoms with Gasteiger partial charge >= 0.3 is 5.97 Å². The van der Waals surface area contributed by atoms with Crippen molar-refractivity contribution in [1.82, 2.24) is 9.80 Å². The molecule has 7 nitrogen and oxygen atoms in total. The summed E-state index contributed by atoms with van der Waals surface area (Å²) in [6, 6.07) is 2.59. The van der Waals surface area contributed by atoms with E-state index in [1.165, 1.54) is 12.1 Å². The highest BCUT2D eigenvalue weighted by atomic mass is 35.5. The number of hydrogen-bond donors (Lipinski definition) is 0. The van der Waals surface area contributed by atoms with Crippen LogP contribution in [0.25, 0.3) is 0 Å². The van der Waals surface area contributed by atoms with Crippen molar-refractivity contribution in [2.24, 2.45) is 0 Å². The Hall–Kier alpha value is -2.12. The molecule has 0 unspecified atom stereocenters. The average Bonchev–Trinajstić information content (AvgIpc) is 2.85. The van der Waals surface area contributed by atoms with Gasteiger partial charge in [0.25, 0.3) is 17.7 Å². The number of esters is 1. The lowest BCUT2D eigenvalue weighted by Crippen LogP contribution is -2.40. The van der Waals surface area contributed by atoms with Crippen LogP contribution in [0.1, 0.15) is 40.0 Å². The average molecular weight is 399 g/mol. The molecule has 0 saturated carbocycles. The third kappa shape index (κ3) is 3.68. The molecule has 2 aliphatic heterocycles. The SMILES string of the molecule is O=C(CN1C(=O)c2cc(Cl)c(Cl)cc2C1=O)OCC(=O)N1CCCCC1. The van der Waals surface area contributed by atoms with E-state index in [0.717, 1.165) is 24.2 Å². The highest BCUT2D eigenvalue weighted by Crippen LogP contribution is 2.31. The predicted octanol–water partition coefficient (Wildman–Crippen LogP) is 2.15. The van der Waals surface area contributed by atoms with Crippen LogP contribution < -0.4 is 0 Å². The van der Waals surface area contributed by atoms with E-state index >= 15 is 0 Å². The minimum atomic E-state index is -0.831. The van der Waals surface area contributed by atoms with Crippen molar-refractivity contribution >= 4 is 46.9 Å². The number of fused-ring (bicyclic) bond motifs is 1. The number of likely N-dealkylation sites (tertiary alicyclic amines) is 1. The number of hydrogen-bond acceptors (Lipinski definition) is 5. The van der Waals surface area contributed by atoms with Crippen LogP contribution in [-0.4, -0.2) is 59.7 Å². The molecule has 0 N–H and O–H groups in total. The van der Waals surface area contributed by atoms with Crippen LogP contribution in [0.15, 0.2) is 12.1 Å². The molecule has 0 radical (unpaired) electrons. The number of ether oxygens (including phenoxy) is 1. The fourth-order valence-electron chi connectivity index (χ4n) is 2.98. The number of carbonyl (C=O) groups excluding carboxylic acids is 4. The summed E-state index contributed by atoms with van der Waals surface area (Å²) in [4.78, 5) is 51.0. The number of piperidine rings is 1.